The lowest BCUT2D eigenvalue weighted by Gasteiger charge is -2.12. The van der Waals surface area contributed by atoms with Gasteiger partial charge in [-0.05, 0) is 43.4 Å². The van der Waals surface area contributed by atoms with Gasteiger partial charge in [0.1, 0.15) is 0 Å². The molecule has 104 valence electrons. The fourth-order valence-corrected chi connectivity index (χ4v) is 2.50. The van der Waals surface area contributed by atoms with Gasteiger partial charge < -0.3 is 15.7 Å². The maximum absolute atomic E-state index is 11.8. The number of nitrogens with one attached hydrogen (secondary N) is 2. The predicted molar refractivity (Wildman–Crippen MR) is 76.1 cm³/mol. The largest absolute Gasteiger partial charge is 0.389 e. The fraction of sp³-hybridized carbons (Fsp3) is 0.533. The van der Waals surface area contributed by atoms with Gasteiger partial charge in [0.25, 0.3) is 0 Å². The van der Waals surface area contributed by atoms with Crippen molar-refractivity contribution < 1.29 is 9.90 Å². The number of urea groups is 1. The van der Waals surface area contributed by atoms with Crippen molar-refractivity contribution in [3.63, 3.8) is 0 Å². The third kappa shape index (κ3) is 4.24. The van der Waals surface area contributed by atoms with Crippen LogP contribution in [0.2, 0.25) is 0 Å². The van der Waals surface area contributed by atoms with Crippen LogP contribution in [0.5, 0.6) is 0 Å². The van der Waals surface area contributed by atoms with E-state index in [1.165, 1.54) is 25.7 Å². The SMILES string of the molecule is CC(O)c1cccc(NC(=O)NCC2CCCC2)c1. The third-order valence-electron chi connectivity index (χ3n) is 3.65. The van der Waals surface area contributed by atoms with E-state index >= 15 is 0 Å². The molecule has 2 amide bonds. The molecule has 0 aromatic heterocycles. The number of carbonyl (C=O) groups is 1. The maximum Gasteiger partial charge on any atom is 0.319 e. The Hall–Kier alpha value is -1.55. The highest BCUT2D eigenvalue weighted by molar-refractivity contribution is 5.89. The van der Waals surface area contributed by atoms with Gasteiger partial charge in [-0.15, -0.1) is 0 Å². The predicted octanol–water partition coefficient (Wildman–Crippen LogP) is 3.05. The van der Waals surface area contributed by atoms with Crippen LogP contribution in [0.3, 0.4) is 0 Å². The molecule has 4 nitrogen and oxygen atoms in total. The molecule has 0 saturated heterocycles. The van der Waals surface area contributed by atoms with Gasteiger partial charge in [0.15, 0.2) is 0 Å². The number of hydrogen-bond donors (Lipinski definition) is 3. The first-order valence-corrected chi connectivity index (χ1v) is 6.98. The Morgan fingerprint density at radius 2 is 2.16 bits per heavy atom. The van der Waals surface area contributed by atoms with Gasteiger partial charge in [0.2, 0.25) is 0 Å². The molecule has 1 aliphatic carbocycles. The number of aliphatic hydroxyl groups is 1. The van der Waals surface area contributed by atoms with Crippen molar-refractivity contribution in [3.05, 3.63) is 29.8 Å². The summed E-state index contributed by atoms with van der Waals surface area (Å²) in [7, 11) is 0. The average Bonchev–Trinajstić information content (AvgIpc) is 2.90. The summed E-state index contributed by atoms with van der Waals surface area (Å²) < 4.78 is 0. The topological polar surface area (TPSA) is 61.4 Å². The van der Waals surface area contributed by atoms with Crippen molar-refractivity contribution in [2.75, 3.05) is 11.9 Å². The molecule has 1 aromatic carbocycles. The lowest BCUT2D eigenvalue weighted by Crippen LogP contribution is -2.32. The summed E-state index contributed by atoms with van der Waals surface area (Å²) in [5.41, 5.74) is 1.51. The minimum absolute atomic E-state index is 0.172. The molecule has 0 heterocycles. The number of aliphatic hydroxyl groups excluding tert-OH is 1. The van der Waals surface area contributed by atoms with Crippen molar-refractivity contribution in [2.24, 2.45) is 5.92 Å². The zero-order valence-electron chi connectivity index (χ0n) is 11.4. The molecule has 3 N–H and O–H groups in total. The molecule has 1 saturated carbocycles. The first-order valence-electron chi connectivity index (χ1n) is 6.98. The third-order valence-corrected chi connectivity index (χ3v) is 3.65. The molecule has 4 heteroatoms. The molecule has 1 atom stereocenters. The lowest BCUT2D eigenvalue weighted by molar-refractivity contribution is 0.199. The van der Waals surface area contributed by atoms with Gasteiger partial charge in [0, 0.05) is 12.2 Å². The van der Waals surface area contributed by atoms with Crippen molar-refractivity contribution in [3.8, 4) is 0 Å². The summed E-state index contributed by atoms with van der Waals surface area (Å²) >= 11 is 0. The van der Waals surface area contributed by atoms with Gasteiger partial charge in [-0.25, -0.2) is 4.79 Å². The van der Waals surface area contributed by atoms with Crippen LogP contribution in [0, 0.1) is 5.92 Å². The van der Waals surface area contributed by atoms with Gasteiger partial charge in [-0.1, -0.05) is 25.0 Å². The van der Waals surface area contributed by atoms with Crippen molar-refractivity contribution in [2.45, 2.75) is 38.7 Å². The number of rotatable bonds is 4. The normalized spacial score (nSPS) is 17.2. The van der Waals surface area contributed by atoms with Gasteiger partial charge in [-0.3, -0.25) is 0 Å². The smallest absolute Gasteiger partial charge is 0.319 e. The zero-order valence-corrected chi connectivity index (χ0v) is 11.4. The Labute approximate surface area is 114 Å². The highest BCUT2D eigenvalue weighted by Crippen LogP contribution is 2.23. The Balaban J connectivity index is 1.82. The summed E-state index contributed by atoms with van der Waals surface area (Å²) in [4.78, 5) is 11.8. The Bertz CT molecular complexity index is 426. The van der Waals surface area contributed by atoms with E-state index in [9.17, 15) is 9.90 Å². The van der Waals surface area contributed by atoms with Gasteiger partial charge >= 0.3 is 6.03 Å². The van der Waals surface area contributed by atoms with E-state index in [2.05, 4.69) is 10.6 Å². The molecule has 1 unspecified atom stereocenters. The maximum atomic E-state index is 11.8. The fourth-order valence-electron chi connectivity index (χ4n) is 2.50. The standard InChI is InChI=1S/C15H22N2O2/c1-11(18)13-7-4-8-14(9-13)17-15(19)16-10-12-5-2-3-6-12/h4,7-9,11-12,18H,2-3,5-6,10H2,1H3,(H2,16,17,19). The first kappa shape index (κ1) is 13.9. The van der Waals surface area contributed by atoms with Crippen LogP contribution < -0.4 is 10.6 Å². The van der Waals surface area contributed by atoms with Crippen LogP contribution in [0.15, 0.2) is 24.3 Å². The monoisotopic (exact) mass is 262 g/mol. The van der Waals surface area contributed by atoms with Gasteiger partial charge in [0.05, 0.1) is 6.10 Å². The lowest BCUT2D eigenvalue weighted by atomic mass is 10.1. The Morgan fingerprint density at radius 3 is 2.84 bits per heavy atom. The van der Waals surface area contributed by atoms with Gasteiger partial charge in [-0.2, -0.15) is 0 Å². The molecule has 0 radical (unpaired) electrons. The summed E-state index contributed by atoms with van der Waals surface area (Å²) in [6.45, 7) is 2.46. The molecule has 0 bridgehead atoms. The summed E-state index contributed by atoms with van der Waals surface area (Å²) in [6, 6.07) is 7.11. The summed E-state index contributed by atoms with van der Waals surface area (Å²) in [6.07, 6.45) is 4.48. The van der Waals surface area contributed by atoms with E-state index < -0.39 is 6.10 Å². The second-order valence-electron chi connectivity index (χ2n) is 5.29. The van der Waals surface area contributed by atoms with Crippen LogP contribution in [0.25, 0.3) is 0 Å². The average molecular weight is 262 g/mol. The molecule has 2 rings (SSSR count). The zero-order chi connectivity index (χ0) is 13.7. The molecular formula is C15H22N2O2. The van der Waals surface area contributed by atoms with Crippen LogP contribution >= 0.6 is 0 Å². The minimum Gasteiger partial charge on any atom is -0.389 e. The van der Waals surface area contributed by atoms with Crippen LogP contribution in [0.1, 0.15) is 44.3 Å². The number of hydrogen-bond acceptors (Lipinski definition) is 2. The van der Waals surface area contributed by atoms with Crippen molar-refractivity contribution in [1.82, 2.24) is 5.32 Å². The van der Waals surface area contributed by atoms with E-state index in [0.29, 0.717) is 11.6 Å². The second-order valence-corrected chi connectivity index (χ2v) is 5.29. The molecule has 1 aliphatic rings. The summed E-state index contributed by atoms with van der Waals surface area (Å²) in [5.74, 6) is 0.634. The van der Waals surface area contributed by atoms with Crippen LogP contribution in [-0.2, 0) is 0 Å². The van der Waals surface area contributed by atoms with Crippen molar-refractivity contribution >= 4 is 11.7 Å². The van der Waals surface area contributed by atoms with Crippen molar-refractivity contribution in [1.29, 1.82) is 0 Å². The first-order chi connectivity index (χ1) is 9.15. The Kier molecular flexibility index (Phi) is 4.80. The number of anilines is 1. The van der Waals surface area contributed by atoms with E-state index in [0.717, 1.165) is 12.1 Å². The number of carbonyl (C=O) groups excluding carboxylic acids is 1. The van der Waals surface area contributed by atoms with E-state index in [4.69, 9.17) is 0 Å². The Morgan fingerprint density at radius 1 is 1.42 bits per heavy atom. The van der Waals surface area contributed by atoms with E-state index in [-0.39, 0.29) is 6.03 Å². The molecule has 1 fully saturated rings. The quantitative estimate of drug-likeness (QED) is 0.781. The second kappa shape index (κ2) is 6.57. The van der Waals surface area contributed by atoms with Crippen LogP contribution in [-0.4, -0.2) is 17.7 Å². The van der Waals surface area contributed by atoms with E-state index in [1.54, 1.807) is 13.0 Å². The number of amides is 2. The highest BCUT2D eigenvalue weighted by atomic mass is 16.3. The molecule has 0 spiro atoms. The van der Waals surface area contributed by atoms with E-state index in [1.807, 2.05) is 18.2 Å². The highest BCUT2D eigenvalue weighted by Gasteiger charge is 2.15. The summed E-state index contributed by atoms with van der Waals surface area (Å²) in [5, 5.41) is 15.2. The molecule has 19 heavy (non-hydrogen) atoms. The molecule has 0 aliphatic heterocycles. The minimum atomic E-state index is -0.525. The molecule has 1 aromatic rings. The van der Waals surface area contributed by atoms with Crippen LogP contribution in [0.4, 0.5) is 10.5 Å². The number of benzene rings is 1. The molecular weight excluding hydrogens is 240 g/mol.